The first-order valence-corrected chi connectivity index (χ1v) is 33.5. The molecule has 4 aromatic carbocycles. The number of rotatable bonds is 22. The van der Waals surface area contributed by atoms with E-state index < -0.39 is 61.1 Å². The van der Waals surface area contributed by atoms with Crippen molar-refractivity contribution in [2.45, 2.75) is 121 Å². The van der Waals surface area contributed by atoms with Crippen molar-refractivity contribution >= 4 is 90.7 Å². The Morgan fingerprint density at radius 3 is 2.45 bits per heavy atom. The fourth-order valence-corrected chi connectivity index (χ4v) is 14.2. The number of nitrogens with zero attached hydrogens (tertiary/aromatic N) is 6. The van der Waals surface area contributed by atoms with Crippen LogP contribution in [0.1, 0.15) is 152 Å². The number of unbranched alkanes of at least 4 members (excludes halogenated alkanes) is 6. The van der Waals surface area contributed by atoms with Crippen molar-refractivity contribution in [3.8, 4) is 23.3 Å². The predicted molar refractivity (Wildman–Crippen MR) is 350 cm³/mol. The molecule has 2 atom stereocenters. The first-order valence-electron chi connectivity index (χ1n) is 31.7. The summed E-state index contributed by atoms with van der Waals surface area (Å²) in [6, 6.07) is 24.0. The molecule has 6 amide bonds. The van der Waals surface area contributed by atoms with E-state index in [-0.39, 0.29) is 58.2 Å². The van der Waals surface area contributed by atoms with Crippen LogP contribution >= 0.6 is 11.6 Å². The quantitative estimate of drug-likeness (QED) is 0.0162. The van der Waals surface area contributed by atoms with Gasteiger partial charge in [0.2, 0.25) is 17.7 Å². The molecule has 0 saturated carbocycles. The Labute approximate surface area is 539 Å². The molecular formula is C69H75ClN10O11S. The summed E-state index contributed by atoms with van der Waals surface area (Å²) < 4.78 is 36.5. The number of allylic oxidation sites excluding steroid dienone is 1. The largest absolute Gasteiger partial charge is 0.455 e. The standard InChI is InChI=1S/C69H75ClN10O11S/c1-69(2)30-28-49(56(40-69)46-18-20-50(70)21-19-46)44-76-33-35-77(36-34-76)51-22-24-54(60(38-51)91-52-37-48-29-31-71-64(48)73-42-52)65(83)75-92(89,90)53-23-25-57(59(39-53)80(87)88)72-41-45-13-12-32-78(43-45)62(82)17-10-8-6-4-3-5-7-9-14-47-15-11-16-55-63(47)68(86)79(67(55)85)58-26-27-61(81)74-66(58)84/h11,15-16,18-25,29,31,37-39,42,45,58,72H,3-8,10,12-13,17,26-28,30,32-36,40-41,43-44H2,1-2H3,(H,71,73)(H,75,83)(H,74,81,84). The lowest BCUT2D eigenvalue weighted by Gasteiger charge is -2.39. The number of aromatic nitrogens is 2. The van der Waals surface area contributed by atoms with Crippen molar-refractivity contribution < 1.29 is 46.8 Å². The van der Waals surface area contributed by atoms with Crippen molar-refractivity contribution in [1.82, 2.24) is 34.7 Å². The number of imide groups is 2. The van der Waals surface area contributed by atoms with Gasteiger partial charge < -0.3 is 24.8 Å². The SMILES string of the molecule is CC1(C)CCC(CN2CCN(c3ccc(C(=O)NS(=O)(=O)c4ccc(NCC5CCCN(C(=O)CCCCCCCCC#Cc6cccc7c6C(=O)N(C6CCC(=O)NC6=O)C7=O)C5)c([N+](=O)[O-])c4)c(Oc4cnc5[nH]ccc5c4)c3)CC2)=C(c2ccc(Cl)cc2)C1. The molecule has 6 heterocycles. The highest BCUT2D eigenvalue weighted by Gasteiger charge is 2.45. The molecule has 2 aromatic heterocycles. The Kier molecular flexibility index (Phi) is 19.9. The van der Waals surface area contributed by atoms with Crippen LogP contribution in [0.2, 0.25) is 5.02 Å². The molecule has 3 saturated heterocycles. The fourth-order valence-electron chi connectivity index (χ4n) is 13.0. The molecular weight excluding hydrogens is 1210 g/mol. The number of nitro groups is 1. The number of hydrogen-bond donors (Lipinski definition) is 4. The van der Waals surface area contributed by atoms with Crippen LogP contribution in [-0.2, 0) is 24.4 Å². The number of aromatic amines is 1. The van der Waals surface area contributed by atoms with E-state index in [0.29, 0.717) is 67.5 Å². The van der Waals surface area contributed by atoms with Gasteiger partial charge in [-0.15, -0.1) is 0 Å². The van der Waals surface area contributed by atoms with E-state index in [2.05, 4.69) is 72.9 Å². The number of nitro benzene ring substituents is 1. The number of halogens is 1. The third-order valence-corrected chi connectivity index (χ3v) is 19.7. The molecule has 0 spiro atoms. The smallest absolute Gasteiger partial charge is 0.293 e. The number of amides is 6. The van der Waals surface area contributed by atoms with Crippen LogP contribution in [0.4, 0.5) is 17.1 Å². The van der Waals surface area contributed by atoms with Gasteiger partial charge in [0.1, 0.15) is 28.9 Å². The molecule has 0 radical (unpaired) electrons. The summed E-state index contributed by atoms with van der Waals surface area (Å²) in [5.41, 5.74) is 5.98. The van der Waals surface area contributed by atoms with Crippen molar-refractivity contribution in [3.05, 3.63) is 152 Å². The number of carbonyl (C=O) groups is 6. The van der Waals surface area contributed by atoms with E-state index in [1.807, 2.05) is 23.1 Å². The first-order chi connectivity index (χ1) is 44.3. The molecule has 6 aromatic rings. The predicted octanol–water partition coefficient (Wildman–Crippen LogP) is 11.0. The maximum Gasteiger partial charge on any atom is 0.293 e. The number of carbonyl (C=O) groups excluding carboxylic acids is 6. The number of likely N-dealkylation sites (tertiary alicyclic amines) is 1. The van der Waals surface area contributed by atoms with Crippen LogP contribution in [0.25, 0.3) is 16.6 Å². The molecule has 21 nitrogen and oxygen atoms in total. The molecule has 3 fully saturated rings. The molecule has 2 unspecified atom stereocenters. The van der Waals surface area contributed by atoms with Gasteiger partial charge in [-0.2, -0.15) is 0 Å². The van der Waals surface area contributed by atoms with Crippen LogP contribution < -0.4 is 25.0 Å². The molecule has 4 N–H and O–H groups in total. The van der Waals surface area contributed by atoms with Gasteiger partial charge in [-0.3, -0.25) is 54.0 Å². The monoisotopic (exact) mass is 1290 g/mol. The molecule has 4 aliphatic heterocycles. The average Bonchev–Trinajstić information content (AvgIpc) is 1.69. The Bertz CT molecular complexity index is 4070. The minimum Gasteiger partial charge on any atom is -0.455 e. The van der Waals surface area contributed by atoms with Crippen molar-refractivity contribution in [1.29, 1.82) is 0 Å². The van der Waals surface area contributed by atoms with Crippen LogP contribution in [0.3, 0.4) is 0 Å². The normalized spacial score (nSPS) is 18.5. The number of piperidine rings is 2. The number of sulfonamides is 1. The maximum absolute atomic E-state index is 14.2. The zero-order chi connectivity index (χ0) is 64.7. The number of hydrogen-bond acceptors (Lipinski definition) is 15. The van der Waals surface area contributed by atoms with Gasteiger partial charge in [-0.05, 0) is 134 Å². The van der Waals surface area contributed by atoms with Crippen molar-refractivity contribution in [2.24, 2.45) is 11.3 Å². The minimum absolute atomic E-state index is 0.0171. The molecule has 0 bridgehead atoms. The van der Waals surface area contributed by atoms with Gasteiger partial charge >= 0.3 is 0 Å². The number of piperazine rings is 1. The summed E-state index contributed by atoms with van der Waals surface area (Å²) in [5.74, 6) is 3.36. The number of nitrogens with one attached hydrogen (secondary N) is 4. The van der Waals surface area contributed by atoms with Gasteiger partial charge in [-0.25, -0.2) is 18.1 Å². The summed E-state index contributed by atoms with van der Waals surface area (Å²) in [6.45, 7) is 9.86. The summed E-state index contributed by atoms with van der Waals surface area (Å²) in [6.07, 6.45) is 14.3. The Morgan fingerprint density at radius 2 is 1.66 bits per heavy atom. The van der Waals surface area contributed by atoms with Gasteiger partial charge in [0, 0.05) is 112 Å². The van der Waals surface area contributed by atoms with Gasteiger partial charge in [-0.1, -0.05) is 86.7 Å². The number of pyridine rings is 1. The third-order valence-electron chi connectivity index (χ3n) is 18.1. The molecule has 1 aliphatic carbocycles. The van der Waals surface area contributed by atoms with E-state index in [0.717, 1.165) is 112 Å². The molecule has 480 valence electrons. The Morgan fingerprint density at radius 1 is 0.880 bits per heavy atom. The van der Waals surface area contributed by atoms with Crippen LogP contribution in [0.5, 0.6) is 11.5 Å². The topological polar surface area (TPSA) is 267 Å². The molecule has 23 heteroatoms. The van der Waals surface area contributed by atoms with Gasteiger partial charge in [0.25, 0.3) is 33.4 Å². The molecule has 5 aliphatic rings. The number of H-pyrrole nitrogens is 1. The summed E-state index contributed by atoms with van der Waals surface area (Å²) in [5, 5.41) is 19.4. The second-order valence-electron chi connectivity index (χ2n) is 25.3. The number of benzene rings is 4. The van der Waals surface area contributed by atoms with Crippen LogP contribution in [0.15, 0.2) is 114 Å². The number of fused-ring (bicyclic) bond motifs is 2. The highest BCUT2D eigenvalue weighted by Crippen LogP contribution is 2.44. The van der Waals surface area contributed by atoms with E-state index in [9.17, 15) is 47.3 Å². The average molecular weight is 1290 g/mol. The second kappa shape index (κ2) is 28.3. The lowest BCUT2D eigenvalue weighted by molar-refractivity contribution is -0.384. The Hall–Kier alpha value is -8.91. The minimum atomic E-state index is -4.67. The summed E-state index contributed by atoms with van der Waals surface area (Å²) in [7, 11) is -4.67. The number of anilines is 2. The van der Waals surface area contributed by atoms with Crippen LogP contribution in [0, 0.1) is 33.3 Å². The van der Waals surface area contributed by atoms with Gasteiger partial charge in [0.15, 0.2) is 0 Å². The second-order valence-corrected chi connectivity index (χ2v) is 27.4. The highest BCUT2D eigenvalue weighted by atomic mass is 35.5. The first kappa shape index (κ1) is 64.6. The zero-order valence-electron chi connectivity index (χ0n) is 51.7. The summed E-state index contributed by atoms with van der Waals surface area (Å²) in [4.78, 5) is 105. The van der Waals surface area contributed by atoms with E-state index in [4.69, 9.17) is 16.3 Å². The van der Waals surface area contributed by atoms with E-state index in [1.54, 1.807) is 42.6 Å². The van der Waals surface area contributed by atoms with Gasteiger partial charge in [0.05, 0.1) is 32.7 Å². The number of ether oxygens (including phenoxy) is 1. The van der Waals surface area contributed by atoms with Crippen molar-refractivity contribution in [2.75, 3.05) is 62.6 Å². The van der Waals surface area contributed by atoms with Crippen LogP contribution in [-0.4, -0.2) is 132 Å². The van der Waals surface area contributed by atoms with E-state index in [1.165, 1.54) is 41.1 Å². The van der Waals surface area contributed by atoms with Crippen molar-refractivity contribution in [3.63, 3.8) is 0 Å². The zero-order valence-corrected chi connectivity index (χ0v) is 53.3. The lowest BCUT2D eigenvalue weighted by atomic mass is 9.72. The lowest BCUT2D eigenvalue weighted by Crippen LogP contribution is -2.54. The third kappa shape index (κ3) is 15.2. The molecule has 11 rings (SSSR count). The maximum atomic E-state index is 14.2. The fraction of sp³-hybridized carbons (Fsp3) is 0.406. The summed E-state index contributed by atoms with van der Waals surface area (Å²) >= 11 is 6.27. The molecule has 92 heavy (non-hydrogen) atoms. The highest BCUT2D eigenvalue weighted by molar-refractivity contribution is 7.90. The Balaban J connectivity index is 0.650. The van der Waals surface area contributed by atoms with E-state index >= 15 is 0 Å².